The fourth-order valence-electron chi connectivity index (χ4n) is 4.52. The highest BCUT2D eigenvalue weighted by molar-refractivity contribution is 5.94. The molecular formula is C22H35N7O5. The number of nitrogens with two attached hydrogens (primary N) is 1. The fraction of sp³-hybridized carbons (Fsp3) is 0.682. The minimum atomic E-state index is -1.17. The lowest BCUT2D eigenvalue weighted by Gasteiger charge is -2.30. The van der Waals surface area contributed by atoms with Crippen molar-refractivity contribution >= 4 is 23.7 Å². The van der Waals surface area contributed by atoms with Gasteiger partial charge in [-0.1, -0.05) is 0 Å². The van der Waals surface area contributed by atoms with Gasteiger partial charge in [-0.3, -0.25) is 14.4 Å². The van der Waals surface area contributed by atoms with Crippen molar-refractivity contribution in [3.05, 3.63) is 18.2 Å². The number of nitrogens with one attached hydrogen (secondary N) is 4. The van der Waals surface area contributed by atoms with Crippen molar-refractivity contribution in [2.75, 3.05) is 19.6 Å². The van der Waals surface area contributed by atoms with Crippen LogP contribution in [0.5, 0.6) is 0 Å². The number of carboxylic acids is 1. The Labute approximate surface area is 198 Å². The number of aromatic amines is 1. The number of unbranched alkanes of at least 4 members (excludes halogenated alkanes) is 1. The van der Waals surface area contributed by atoms with Crippen molar-refractivity contribution in [1.29, 1.82) is 0 Å². The average Bonchev–Trinajstić information content (AvgIpc) is 3.59. The van der Waals surface area contributed by atoms with Gasteiger partial charge >= 0.3 is 5.97 Å². The van der Waals surface area contributed by atoms with E-state index in [4.69, 9.17) is 5.73 Å². The Kier molecular flexibility index (Phi) is 9.40. The molecule has 2 aliphatic rings. The zero-order valence-corrected chi connectivity index (χ0v) is 19.3. The maximum Gasteiger partial charge on any atom is 0.326 e. The first-order valence-corrected chi connectivity index (χ1v) is 12.0. The van der Waals surface area contributed by atoms with E-state index in [1.54, 1.807) is 0 Å². The molecule has 0 radical (unpaired) electrons. The van der Waals surface area contributed by atoms with E-state index >= 15 is 0 Å². The smallest absolute Gasteiger partial charge is 0.326 e. The molecule has 4 atom stereocenters. The summed E-state index contributed by atoms with van der Waals surface area (Å²) in [6, 6.07) is -3.01. The van der Waals surface area contributed by atoms with Crippen LogP contribution in [0.1, 0.15) is 50.6 Å². The number of carbonyl (C=O) groups is 4. The van der Waals surface area contributed by atoms with Crippen LogP contribution in [0, 0.1) is 0 Å². The van der Waals surface area contributed by atoms with Crippen molar-refractivity contribution in [1.82, 2.24) is 30.8 Å². The topological polar surface area (TPSA) is 183 Å². The zero-order valence-electron chi connectivity index (χ0n) is 19.3. The van der Waals surface area contributed by atoms with Gasteiger partial charge in [-0.05, 0) is 58.0 Å². The Morgan fingerprint density at radius 1 is 1.15 bits per heavy atom. The van der Waals surface area contributed by atoms with Gasteiger partial charge < -0.3 is 36.7 Å². The lowest BCUT2D eigenvalue weighted by Crippen LogP contribution is -2.56. The number of imidazole rings is 1. The minimum absolute atomic E-state index is 0.0495. The summed E-state index contributed by atoms with van der Waals surface area (Å²) < 4.78 is 0. The molecule has 2 fully saturated rings. The molecule has 3 heterocycles. The highest BCUT2D eigenvalue weighted by Gasteiger charge is 2.39. The number of hydrogen-bond donors (Lipinski definition) is 6. The summed E-state index contributed by atoms with van der Waals surface area (Å²) >= 11 is 0. The summed E-state index contributed by atoms with van der Waals surface area (Å²) in [6.45, 7) is 1.63. The number of nitrogens with zero attached hydrogens (tertiary/aromatic N) is 2. The van der Waals surface area contributed by atoms with Crippen LogP contribution >= 0.6 is 0 Å². The van der Waals surface area contributed by atoms with Crippen LogP contribution in [-0.4, -0.2) is 87.5 Å². The second-order valence-corrected chi connectivity index (χ2v) is 8.86. The molecule has 12 nitrogen and oxygen atoms in total. The highest BCUT2D eigenvalue weighted by atomic mass is 16.4. The molecule has 0 aliphatic carbocycles. The predicted molar refractivity (Wildman–Crippen MR) is 122 cm³/mol. The average molecular weight is 478 g/mol. The molecule has 1 aromatic rings. The quantitative estimate of drug-likeness (QED) is 0.205. The molecule has 1 aromatic heterocycles. The minimum Gasteiger partial charge on any atom is -0.480 e. The van der Waals surface area contributed by atoms with Gasteiger partial charge in [0.25, 0.3) is 0 Å². The van der Waals surface area contributed by atoms with Gasteiger partial charge in [-0.25, -0.2) is 9.78 Å². The Balaban J connectivity index is 1.66. The molecule has 7 N–H and O–H groups in total. The van der Waals surface area contributed by atoms with Crippen molar-refractivity contribution < 1.29 is 24.3 Å². The number of aromatic nitrogens is 2. The monoisotopic (exact) mass is 477 g/mol. The number of carboxylic acid groups (broad SMARTS) is 1. The van der Waals surface area contributed by atoms with E-state index in [2.05, 4.69) is 25.9 Å². The van der Waals surface area contributed by atoms with Gasteiger partial charge in [0.05, 0.1) is 12.4 Å². The molecule has 0 saturated carbocycles. The van der Waals surface area contributed by atoms with E-state index in [0.29, 0.717) is 44.5 Å². The SMILES string of the molecule is NCCCCC(NC(=O)C1CCCN1)C(=O)N1CCCC1C(=O)NC(Cc1cnc[nH]1)C(=O)O. The largest absolute Gasteiger partial charge is 0.480 e. The van der Waals surface area contributed by atoms with Crippen LogP contribution in [0.3, 0.4) is 0 Å². The van der Waals surface area contributed by atoms with Crippen LogP contribution in [0.15, 0.2) is 12.5 Å². The Morgan fingerprint density at radius 2 is 1.94 bits per heavy atom. The van der Waals surface area contributed by atoms with E-state index < -0.39 is 30.0 Å². The molecule has 188 valence electrons. The highest BCUT2D eigenvalue weighted by Crippen LogP contribution is 2.21. The molecule has 3 rings (SSSR count). The van der Waals surface area contributed by atoms with Gasteiger partial charge in [0.1, 0.15) is 18.1 Å². The third-order valence-electron chi connectivity index (χ3n) is 6.37. The third-order valence-corrected chi connectivity index (χ3v) is 6.37. The summed E-state index contributed by atoms with van der Waals surface area (Å²) in [5.74, 6) is -2.21. The molecule has 3 amide bonds. The lowest BCUT2D eigenvalue weighted by molar-refractivity contribution is -0.145. The standard InChI is InChI=1S/C22H35N7O5/c23-8-2-1-5-16(27-19(30)15-6-3-9-25-15)21(32)29-10-4-7-18(29)20(31)28-17(22(33)34)11-14-12-24-13-26-14/h12-13,15-18,25H,1-11,23H2,(H,24,26)(H,27,30)(H,28,31)(H,33,34). The van der Waals surface area contributed by atoms with Crippen LogP contribution in [-0.2, 0) is 25.6 Å². The number of carbonyl (C=O) groups excluding carboxylic acids is 3. The van der Waals surface area contributed by atoms with E-state index in [1.807, 2.05) is 0 Å². The maximum absolute atomic E-state index is 13.4. The van der Waals surface area contributed by atoms with E-state index in [9.17, 15) is 24.3 Å². The summed E-state index contributed by atoms with van der Waals surface area (Å²) in [5.41, 5.74) is 6.17. The van der Waals surface area contributed by atoms with Crippen LogP contribution in [0.2, 0.25) is 0 Å². The van der Waals surface area contributed by atoms with Crippen molar-refractivity contribution in [3.8, 4) is 0 Å². The first kappa shape index (κ1) is 25.6. The Morgan fingerprint density at radius 3 is 2.59 bits per heavy atom. The maximum atomic E-state index is 13.4. The number of likely N-dealkylation sites (tertiary alicyclic amines) is 1. The number of amides is 3. The summed E-state index contributed by atoms with van der Waals surface area (Å²) in [6.07, 6.45) is 7.48. The molecule has 2 saturated heterocycles. The molecule has 0 aromatic carbocycles. The summed E-state index contributed by atoms with van der Waals surface area (Å²) in [7, 11) is 0. The first-order chi connectivity index (χ1) is 16.4. The first-order valence-electron chi connectivity index (χ1n) is 12.0. The molecule has 2 aliphatic heterocycles. The summed E-state index contributed by atoms with van der Waals surface area (Å²) in [5, 5.41) is 18.1. The molecule has 0 spiro atoms. The third kappa shape index (κ3) is 6.76. The van der Waals surface area contributed by atoms with Crippen molar-refractivity contribution in [2.45, 2.75) is 75.5 Å². The molecule has 12 heteroatoms. The van der Waals surface area contributed by atoms with Crippen LogP contribution in [0.25, 0.3) is 0 Å². The number of hydrogen-bond acceptors (Lipinski definition) is 7. The van der Waals surface area contributed by atoms with Gasteiger partial charge in [0.2, 0.25) is 17.7 Å². The summed E-state index contributed by atoms with van der Waals surface area (Å²) in [4.78, 5) is 59.0. The van der Waals surface area contributed by atoms with Crippen LogP contribution in [0.4, 0.5) is 0 Å². The Bertz CT molecular complexity index is 841. The van der Waals surface area contributed by atoms with Gasteiger partial charge in [-0.15, -0.1) is 0 Å². The van der Waals surface area contributed by atoms with Gasteiger partial charge in [0.15, 0.2) is 0 Å². The van der Waals surface area contributed by atoms with Gasteiger partial charge in [-0.2, -0.15) is 0 Å². The van der Waals surface area contributed by atoms with Crippen LogP contribution < -0.4 is 21.7 Å². The molecular weight excluding hydrogens is 442 g/mol. The second-order valence-electron chi connectivity index (χ2n) is 8.86. The van der Waals surface area contributed by atoms with E-state index in [1.165, 1.54) is 17.4 Å². The lowest BCUT2D eigenvalue weighted by atomic mass is 10.1. The Hall–Kier alpha value is -2.99. The fourth-order valence-corrected chi connectivity index (χ4v) is 4.52. The zero-order chi connectivity index (χ0) is 24.5. The molecule has 0 bridgehead atoms. The number of aliphatic carboxylic acids is 1. The predicted octanol–water partition coefficient (Wildman–Crippen LogP) is -1.12. The normalized spacial score (nSPS) is 21.7. The number of rotatable bonds is 12. The van der Waals surface area contributed by atoms with Crippen molar-refractivity contribution in [3.63, 3.8) is 0 Å². The molecule has 34 heavy (non-hydrogen) atoms. The van der Waals surface area contributed by atoms with E-state index in [0.717, 1.165) is 25.8 Å². The van der Waals surface area contributed by atoms with E-state index in [-0.39, 0.29) is 24.3 Å². The number of H-pyrrole nitrogens is 1. The van der Waals surface area contributed by atoms with Gasteiger partial charge in [0, 0.05) is 24.9 Å². The molecule has 4 unspecified atom stereocenters. The van der Waals surface area contributed by atoms with Crippen molar-refractivity contribution in [2.24, 2.45) is 5.73 Å². The second kappa shape index (κ2) is 12.5.